The number of carbonyl (C=O) groups is 1. The number of hydrogen-bond acceptors (Lipinski definition) is 3. The molecule has 2 rings (SSSR count). The summed E-state index contributed by atoms with van der Waals surface area (Å²) in [6.45, 7) is 2.64. The van der Waals surface area contributed by atoms with Crippen LogP contribution in [-0.2, 0) is 0 Å². The van der Waals surface area contributed by atoms with Crippen molar-refractivity contribution in [1.29, 1.82) is 0 Å². The lowest BCUT2D eigenvalue weighted by Crippen LogP contribution is -2.38. The van der Waals surface area contributed by atoms with Crippen molar-refractivity contribution >= 4 is 21.7 Å². The number of Topliss-reactive ketones (excluding diaryl/α,β-unsaturated/α-hetero) is 1. The van der Waals surface area contributed by atoms with Gasteiger partial charge in [-0.1, -0.05) is 28.1 Å². The first kappa shape index (κ1) is 14.7. The highest BCUT2D eigenvalue weighted by molar-refractivity contribution is 9.10. The molecule has 1 aromatic rings. The normalized spacial score (nSPS) is 20.1. The zero-order valence-electron chi connectivity index (χ0n) is 11.6. The second-order valence-electron chi connectivity index (χ2n) is 5.40. The number of likely N-dealkylation sites (N-methyl/N-ethyl adjacent to an activating group) is 2. The molecule has 1 aromatic carbocycles. The van der Waals surface area contributed by atoms with Gasteiger partial charge in [-0.25, -0.2) is 0 Å². The maximum Gasteiger partial charge on any atom is 0.176 e. The molecule has 0 spiro atoms. The zero-order chi connectivity index (χ0) is 13.8. The number of nitrogens with zero attached hydrogens (tertiary/aromatic N) is 2. The van der Waals surface area contributed by atoms with Crippen LogP contribution in [0, 0.1) is 0 Å². The second kappa shape index (κ2) is 6.64. The van der Waals surface area contributed by atoms with Gasteiger partial charge in [0.1, 0.15) is 0 Å². The van der Waals surface area contributed by atoms with E-state index in [2.05, 4.69) is 32.8 Å². The molecule has 0 saturated carbocycles. The van der Waals surface area contributed by atoms with Crippen LogP contribution in [0.5, 0.6) is 0 Å². The molecule has 1 fully saturated rings. The van der Waals surface area contributed by atoms with E-state index < -0.39 is 0 Å². The van der Waals surface area contributed by atoms with Crippen LogP contribution < -0.4 is 0 Å². The predicted octanol–water partition coefficient (Wildman–Crippen LogP) is 2.66. The lowest BCUT2D eigenvalue weighted by molar-refractivity contribution is 0.0932. The van der Waals surface area contributed by atoms with E-state index in [9.17, 15) is 4.79 Å². The van der Waals surface area contributed by atoms with Gasteiger partial charge in [0.15, 0.2) is 5.78 Å². The Bertz CT molecular complexity index is 432. The van der Waals surface area contributed by atoms with E-state index in [0.717, 1.165) is 16.6 Å². The molecule has 1 aliphatic rings. The first-order valence-corrected chi connectivity index (χ1v) is 7.53. The van der Waals surface area contributed by atoms with Crippen molar-refractivity contribution in [2.45, 2.75) is 18.9 Å². The summed E-state index contributed by atoms with van der Waals surface area (Å²) in [6, 6.07) is 8.18. The van der Waals surface area contributed by atoms with Gasteiger partial charge < -0.3 is 4.90 Å². The molecule has 104 valence electrons. The van der Waals surface area contributed by atoms with E-state index >= 15 is 0 Å². The molecular weight excluding hydrogens is 304 g/mol. The molecule has 1 heterocycles. The molecule has 0 amide bonds. The van der Waals surface area contributed by atoms with Crippen LogP contribution in [0.1, 0.15) is 23.2 Å². The molecule has 0 N–H and O–H groups in total. The van der Waals surface area contributed by atoms with Gasteiger partial charge in [0.25, 0.3) is 0 Å². The summed E-state index contributed by atoms with van der Waals surface area (Å²) >= 11 is 3.38. The van der Waals surface area contributed by atoms with Gasteiger partial charge in [-0.05, 0) is 45.6 Å². The van der Waals surface area contributed by atoms with Gasteiger partial charge >= 0.3 is 0 Å². The van der Waals surface area contributed by atoms with Crippen molar-refractivity contribution in [2.24, 2.45) is 0 Å². The van der Waals surface area contributed by atoms with Crippen molar-refractivity contribution in [3.8, 4) is 0 Å². The van der Waals surface area contributed by atoms with Crippen molar-refractivity contribution in [3.05, 3.63) is 34.3 Å². The fourth-order valence-corrected chi connectivity index (χ4v) is 2.87. The van der Waals surface area contributed by atoms with Crippen LogP contribution in [0.3, 0.4) is 0 Å². The minimum atomic E-state index is 0.190. The monoisotopic (exact) mass is 324 g/mol. The van der Waals surface area contributed by atoms with Crippen LogP contribution in [0.4, 0.5) is 0 Å². The lowest BCUT2D eigenvalue weighted by atomic mass is 10.1. The number of halogens is 1. The Hall–Kier alpha value is -0.710. The average molecular weight is 325 g/mol. The lowest BCUT2D eigenvalue weighted by Gasteiger charge is -2.25. The average Bonchev–Trinajstić information content (AvgIpc) is 2.75. The van der Waals surface area contributed by atoms with Gasteiger partial charge in [-0.15, -0.1) is 0 Å². The standard InChI is InChI=1S/C15H21BrN2O/c1-17(10-14-4-3-9-18(14)2)11-15(19)12-5-7-13(16)8-6-12/h5-8,14H,3-4,9-11H2,1-2H3. The third-order valence-electron chi connectivity index (χ3n) is 3.77. The smallest absolute Gasteiger partial charge is 0.176 e. The summed E-state index contributed by atoms with van der Waals surface area (Å²) in [5, 5.41) is 0. The molecule has 3 nitrogen and oxygen atoms in total. The SMILES string of the molecule is CN(CC(=O)c1ccc(Br)cc1)CC1CCCN1C. The molecule has 4 heteroatoms. The maximum absolute atomic E-state index is 12.2. The third kappa shape index (κ3) is 4.13. The van der Waals surface area contributed by atoms with Crippen LogP contribution in [0.2, 0.25) is 0 Å². The number of benzene rings is 1. The largest absolute Gasteiger partial charge is 0.302 e. The molecule has 19 heavy (non-hydrogen) atoms. The minimum Gasteiger partial charge on any atom is -0.302 e. The molecule has 0 bridgehead atoms. The zero-order valence-corrected chi connectivity index (χ0v) is 13.2. The second-order valence-corrected chi connectivity index (χ2v) is 6.32. The highest BCUT2D eigenvalue weighted by atomic mass is 79.9. The van der Waals surface area contributed by atoms with E-state index in [0.29, 0.717) is 12.6 Å². The topological polar surface area (TPSA) is 23.6 Å². The molecule has 1 saturated heterocycles. The van der Waals surface area contributed by atoms with Gasteiger partial charge in [-0.2, -0.15) is 0 Å². The summed E-state index contributed by atoms with van der Waals surface area (Å²) < 4.78 is 1.00. The predicted molar refractivity (Wildman–Crippen MR) is 81.6 cm³/mol. The molecule has 0 aliphatic carbocycles. The first-order valence-electron chi connectivity index (χ1n) is 6.74. The van der Waals surface area contributed by atoms with E-state index in [1.54, 1.807) is 0 Å². The summed E-state index contributed by atoms with van der Waals surface area (Å²) in [7, 11) is 4.20. The van der Waals surface area contributed by atoms with Crippen LogP contribution >= 0.6 is 15.9 Å². The van der Waals surface area contributed by atoms with Gasteiger partial charge in [0.05, 0.1) is 6.54 Å². The Morgan fingerprint density at radius 3 is 2.68 bits per heavy atom. The van der Waals surface area contributed by atoms with Crippen LogP contribution in [0.25, 0.3) is 0 Å². The highest BCUT2D eigenvalue weighted by Crippen LogP contribution is 2.16. The van der Waals surface area contributed by atoms with E-state index in [1.165, 1.54) is 19.4 Å². The summed E-state index contributed by atoms with van der Waals surface area (Å²) in [4.78, 5) is 16.7. The van der Waals surface area contributed by atoms with Gasteiger partial charge in [-0.3, -0.25) is 9.69 Å². The summed E-state index contributed by atoms with van der Waals surface area (Å²) in [5.74, 6) is 0.190. The molecular formula is C15H21BrN2O. The van der Waals surface area contributed by atoms with E-state index in [4.69, 9.17) is 0 Å². The fraction of sp³-hybridized carbons (Fsp3) is 0.533. The summed E-state index contributed by atoms with van der Waals surface area (Å²) in [5.41, 5.74) is 0.787. The van der Waals surface area contributed by atoms with E-state index in [1.807, 2.05) is 31.3 Å². The van der Waals surface area contributed by atoms with Crippen molar-refractivity contribution in [1.82, 2.24) is 9.80 Å². The van der Waals surface area contributed by atoms with Crippen molar-refractivity contribution in [2.75, 3.05) is 33.7 Å². The Labute approximate surface area is 123 Å². The Morgan fingerprint density at radius 1 is 1.42 bits per heavy atom. The summed E-state index contributed by atoms with van der Waals surface area (Å²) in [6.07, 6.45) is 2.52. The minimum absolute atomic E-state index is 0.190. The first-order chi connectivity index (χ1) is 9.06. The number of ketones is 1. The van der Waals surface area contributed by atoms with Gasteiger partial charge in [0.2, 0.25) is 0 Å². The van der Waals surface area contributed by atoms with Gasteiger partial charge in [0, 0.05) is 22.6 Å². The molecule has 0 radical (unpaired) electrons. The number of hydrogen-bond donors (Lipinski definition) is 0. The van der Waals surface area contributed by atoms with Crippen molar-refractivity contribution < 1.29 is 4.79 Å². The third-order valence-corrected chi connectivity index (χ3v) is 4.30. The molecule has 1 unspecified atom stereocenters. The highest BCUT2D eigenvalue weighted by Gasteiger charge is 2.22. The van der Waals surface area contributed by atoms with Crippen molar-refractivity contribution in [3.63, 3.8) is 0 Å². The number of rotatable bonds is 5. The number of carbonyl (C=O) groups excluding carboxylic acids is 1. The fourth-order valence-electron chi connectivity index (χ4n) is 2.61. The van der Waals surface area contributed by atoms with Crippen LogP contribution in [-0.4, -0.2) is 55.4 Å². The molecule has 1 atom stereocenters. The molecule has 0 aromatic heterocycles. The Kier molecular flexibility index (Phi) is 5.13. The Balaban J connectivity index is 1.86. The maximum atomic E-state index is 12.2. The Morgan fingerprint density at radius 2 is 2.11 bits per heavy atom. The molecule has 1 aliphatic heterocycles. The quantitative estimate of drug-likeness (QED) is 0.778. The van der Waals surface area contributed by atoms with Crippen LogP contribution in [0.15, 0.2) is 28.7 Å². The number of likely N-dealkylation sites (tertiary alicyclic amines) is 1. The van der Waals surface area contributed by atoms with E-state index in [-0.39, 0.29) is 5.78 Å².